The van der Waals surface area contributed by atoms with E-state index in [-0.39, 0.29) is 0 Å². The standard InChI is InChI=1S/C25H27N3O2/c1-26-22-14-10-18(16-24(22)29-3)8-12-20-6-5-7-21(28-20)13-9-19-11-15-23(27-2)25(17-19)30-4/h5-17,26-27H,1-4H3/b12-8+,13-9+. The van der Waals surface area contributed by atoms with Gasteiger partial charge in [-0.25, -0.2) is 4.98 Å². The lowest BCUT2D eigenvalue weighted by atomic mass is 10.1. The van der Waals surface area contributed by atoms with E-state index in [1.54, 1.807) is 14.2 Å². The smallest absolute Gasteiger partial charge is 0.142 e. The van der Waals surface area contributed by atoms with Crippen LogP contribution in [0.5, 0.6) is 11.5 Å². The van der Waals surface area contributed by atoms with Crippen LogP contribution < -0.4 is 20.1 Å². The van der Waals surface area contributed by atoms with Crippen LogP contribution in [0.3, 0.4) is 0 Å². The number of aromatic nitrogens is 1. The molecule has 154 valence electrons. The molecule has 0 aliphatic carbocycles. The van der Waals surface area contributed by atoms with E-state index in [1.165, 1.54) is 0 Å². The molecule has 0 saturated heterocycles. The highest BCUT2D eigenvalue weighted by molar-refractivity contribution is 5.74. The molecular weight excluding hydrogens is 374 g/mol. The van der Waals surface area contributed by atoms with E-state index >= 15 is 0 Å². The molecular formula is C25H27N3O2. The summed E-state index contributed by atoms with van der Waals surface area (Å²) in [5.41, 5.74) is 5.78. The summed E-state index contributed by atoms with van der Waals surface area (Å²) in [6.45, 7) is 0. The SMILES string of the molecule is CNc1ccc(/C=C/c2cccc(/C=C/c3ccc(NC)c(OC)c3)n2)cc1OC. The van der Waals surface area contributed by atoms with E-state index in [9.17, 15) is 0 Å². The maximum absolute atomic E-state index is 5.42. The third kappa shape index (κ3) is 5.20. The zero-order valence-electron chi connectivity index (χ0n) is 17.8. The minimum Gasteiger partial charge on any atom is -0.495 e. The summed E-state index contributed by atoms with van der Waals surface area (Å²) in [4.78, 5) is 4.69. The van der Waals surface area contributed by atoms with Gasteiger partial charge in [0, 0.05) is 14.1 Å². The molecule has 0 atom stereocenters. The van der Waals surface area contributed by atoms with E-state index in [2.05, 4.69) is 10.6 Å². The zero-order valence-corrected chi connectivity index (χ0v) is 17.8. The number of pyridine rings is 1. The largest absolute Gasteiger partial charge is 0.495 e. The number of anilines is 2. The van der Waals surface area contributed by atoms with Gasteiger partial charge in [-0.15, -0.1) is 0 Å². The Morgan fingerprint density at radius 1 is 0.667 bits per heavy atom. The second kappa shape index (κ2) is 10.2. The maximum atomic E-state index is 5.42. The summed E-state index contributed by atoms with van der Waals surface area (Å²) in [6, 6.07) is 18.0. The van der Waals surface area contributed by atoms with Gasteiger partial charge in [0.05, 0.1) is 37.0 Å². The van der Waals surface area contributed by atoms with Crippen molar-refractivity contribution >= 4 is 35.7 Å². The van der Waals surface area contributed by atoms with Gasteiger partial charge < -0.3 is 20.1 Å². The molecule has 30 heavy (non-hydrogen) atoms. The van der Waals surface area contributed by atoms with Crippen molar-refractivity contribution in [1.82, 2.24) is 4.98 Å². The van der Waals surface area contributed by atoms with Crippen molar-refractivity contribution in [3.8, 4) is 11.5 Å². The number of ether oxygens (including phenoxy) is 2. The topological polar surface area (TPSA) is 55.4 Å². The number of methoxy groups -OCH3 is 2. The fraction of sp³-hybridized carbons (Fsp3) is 0.160. The molecule has 0 aliphatic heterocycles. The molecule has 1 aromatic heterocycles. The van der Waals surface area contributed by atoms with Crippen molar-refractivity contribution in [3.63, 3.8) is 0 Å². The first-order chi connectivity index (χ1) is 14.7. The molecule has 0 saturated carbocycles. The second-order valence-corrected chi connectivity index (χ2v) is 6.57. The van der Waals surface area contributed by atoms with Crippen molar-refractivity contribution in [2.24, 2.45) is 0 Å². The molecule has 0 radical (unpaired) electrons. The highest BCUT2D eigenvalue weighted by Crippen LogP contribution is 2.27. The quantitative estimate of drug-likeness (QED) is 0.520. The lowest BCUT2D eigenvalue weighted by Gasteiger charge is -2.08. The molecule has 3 aromatic rings. The fourth-order valence-corrected chi connectivity index (χ4v) is 3.05. The summed E-state index contributed by atoms with van der Waals surface area (Å²) in [6.07, 6.45) is 8.05. The van der Waals surface area contributed by atoms with Crippen molar-refractivity contribution in [2.45, 2.75) is 0 Å². The summed E-state index contributed by atoms with van der Waals surface area (Å²) in [5.74, 6) is 1.62. The molecule has 0 fully saturated rings. The van der Waals surface area contributed by atoms with Crippen molar-refractivity contribution < 1.29 is 9.47 Å². The normalized spacial score (nSPS) is 11.1. The van der Waals surface area contributed by atoms with Crippen LogP contribution in [0.4, 0.5) is 11.4 Å². The van der Waals surface area contributed by atoms with E-state index in [4.69, 9.17) is 14.5 Å². The zero-order chi connectivity index (χ0) is 21.3. The number of nitrogens with zero attached hydrogens (tertiary/aromatic N) is 1. The highest BCUT2D eigenvalue weighted by Gasteiger charge is 2.02. The number of benzene rings is 2. The molecule has 5 nitrogen and oxygen atoms in total. The summed E-state index contributed by atoms with van der Waals surface area (Å²) >= 11 is 0. The Bertz CT molecular complexity index is 977. The minimum atomic E-state index is 0.809. The Hall–Kier alpha value is -3.73. The molecule has 3 rings (SSSR count). The van der Waals surface area contributed by atoms with Crippen LogP contribution in [0.25, 0.3) is 24.3 Å². The molecule has 0 amide bonds. The summed E-state index contributed by atoms with van der Waals surface area (Å²) in [7, 11) is 7.09. The Labute approximate surface area is 178 Å². The van der Waals surface area contributed by atoms with Gasteiger partial charge in [0.1, 0.15) is 11.5 Å². The van der Waals surface area contributed by atoms with Crippen LogP contribution >= 0.6 is 0 Å². The third-order valence-electron chi connectivity index (χ3n) is 4.68. The lowest BCUT2D eigenvalue weighted by Crippen LogP contribution is -1.93. The van der Waals surface area contributed by atoms with Crippen LogP contribution in [-0.4, -0.2) is 33.3 Å². The van der Waals surface area contributed by atoms with Gasteiger partial charge in [0.2, 0.25) is 0 Å². The van der Waals surface area contributed by atoms with Gasteiger partial charge in [-0.1, -0.05) is 30.4 Å². The van der Waals surface area contributed by atoms with Gasteiger partial charge in [-0.05, 0) is 59.7 Å². The van der Waals surface area contributed by atoms with E-state index < -0.39 is 0 Å². The van der Waals surface area contributed by atoms with Gasteiger partial charge in [0.15, 0.2) is 0 Å². The van der Waals surface area contributed by atoms with Crippen molar-refractivity contribution in [3.05, 3.63) is 77.1 Å². The maximum Gasteiger partial charge on any atom is 0.142 e. The van der Waals surface area contributed by atoms with Crippen LogP contribution in [-0.2, 0) is 0 Å². The molecule has 5 heteroatoms. The van der Waals surface area contributed by atoms with Crippen LogP contribution in [0.1, 0.15) is 22.5 Å². The first kappa shape index (κ1) is 21.0. The molecule has 1 heterocycles. The second-order valence-electron chi connectivity index (χ2n) is 6.57. The fourth-order valence-electron chi connectivity index (χ4n) is 3.05. The van der Waals surface area contributed by atoms with Gasteiger partial charge in [0.25, 0.3) is 0 Å². The minimum absolute atomic E-state index is 0.809. The monoisotopic (exact) mass is 401 g/mol. The Balaban J connectivity index is 1.76. The van der Waals surface area contributed by atoms with Crippen LogP contribution in [0.15, 0.2) is 54.6 Å². The van der Waals surface area contributed by atoms with E-state index in [0.717, 1.165) is 45.4 Å². The van der Waals surface area contributed by atoms with Crippen molar-refractivity contribution in [2.75, 3.05) is 38.9 Å². The number of hydrogen-bond acceptors (Lipinski definition) is 5. The van der Waals surface area contributed by atoms with E-state index in [1.807, 2.05) is 93.0 Å². The first-order valence-electron chi connectivity index (χ1n) is 9.71. The first-order valence-corrected chi connectivity index (χ1v) is 9.71. The van der Waals surface area contributed by atoms with Crippen LogP contribution in [0.2, 0.25) is 0 Å². The summed E-state index contributed by atoms with van der Waals surface area (Å²) < 4.78 is 10.8. The Morgan fingerprint density at radius 3 is 1.53 bits per heavy atom. The highest BCUT2D eigenvalue weighted by atomic mass is 16.5. The average molecular weight is 402 g/mol. The lowest BCUT2D eigenvalue weighted by molar-refractivity contribution is 0.416. The third-order valence-corrected chi connectivity index (χ3v) is 4.68. The number of rotatable bonds is 8. The molecule has 2 N–H and O–H groups in total. The summed E-state index contributed by atoms with van der Waals surface area (Å²) in [5, 5.41) is 6.23. The predicted octanol–water partition coefficient (Wildman–Crippen LogP) is 5.52. The Morgan fingerprint density at radius 2 is 1.13 bits per heavy atom. The van der Waals surface area contributed by atoms with Gasteiger partial charge in [-0.3, -0.25) is 0 Å². The van der Waals surface area contributed by atoms with Crippen LogP contribution in [0, 0.1) is 0 Å². The molecule has 0 aliphatic rings. The molecule has 0 spiro atoms. The van der Waals surface area contributed by atoms with Crippen molar-refractivity contribution in [1.29, 1.82) is 0 Å². The molecule has 0 bridgehead atoms. The van der Waals surface area contributed by atoms with Gasteiger partial charge >= 0.3 is 0 Å². The average Bonchev–Trinajstić information content (AvgIpc) is 2.81. The van der Waals surface area contributed by atoms with Gasteiger partial charge in [-0.2, -0.15) is 0 Å². The number of nitrogens with one attached hydrogen (secondary N) is 2. The molecule has 0 unspecified atom stereocenters. The number of hydrogen-bond donors (Lipinski definition) is 2. The predicted molar refractivity (Wildman–Crippen MR) is 127 cm³/mol. The Kier molecular flexibility index (Phi) is 7.11. The van der Waals surface area contributed by atoms with E-state index in [0.29, 0.717) is 0 Å². The molecule has 2 aromatic carbocycles.